The van der Waals surface area contributed by atoms with Crippen LogP contribution in [0.5, 0.6) is 5.75 Å². The Labute approximate surface area is 119 Å². The summed E-state index contributed by atoms with van der Waals surface area (Å²) >= 11 is 3.37. The number of halogens is 1. The van der Waals surface area contributed by atoms with E-state index in [0.29, 0.717) is 6.54 Å². The van der Waals surface area contributed by atoms with Crippen LogP contribution in [-0.4, -0.2) is 23.7 Å². The third-order valence-electron chi connectivity index (χ3n) is 2.35. The number of hydrogen-bond acceptors (Lipinski definition) is 4. The highest BCUT2D eigenvalue weighted by Crippen LogP contribution is 2.18. The lowest BCUT2D eigenvalue weighted by Crippen LogP contribution is -2.33. The number of carbonyl (C=O) groups excluding carboxylic acids is 1. The van der Waals surface area contributed by atoms with Crippen molar-refractivity contribution >= 4 is 21.8 Å². The van der Waals surface area contributed by atoms with Crippen molar-refractivity contribution in [3.05, 3.63) is 46.8 Å². The third-order valence-corrected chi connectivity index (χ3v) is 2.85. The van der Waals surface area contributed by atoms with E-state index in [2.05, 4.69) is 30.9 Å². The van der Waals surface area contributed by atoms with Gasteiger partial charge in [0.05, 0.1) is 6.54 Å². The molecule has 5 nitrogen and oxygen atoms in total. The molecule has 0 fully saturated rings. The minimum Gasteiger partial charge on any atom is -0.489 e. The molecule has 0 aliphatic heterocycles. The smallest absolute Gasteiger partial charge is 0.273 e. The number of aromatic nitrogens is 1. The van der Waals surface area contributed by atoms with Gasteiger partial charge < -0.3 is 14.6 Å². The highest BCUT2D eigenvalue weighted by Gasteiger charge is 2.11. The number of nitrogens with zero attached hydrogens (tertiary/aromatic N) is 1. The number of rotatable bonds is 5. The van der Waals surface area contributed by atoms with Crippen molar-refractivity contribution in [2.45, 2.75) is 13.0 Å². The molecule has 1 heterocycles. The van der Waals surface area contributed by atoms with Crippen molar-refractivity contribution in [1.82, 2.24) is 10.5 Å². The summed E-state index contributed by atoms with van der Waals surface area (Å²) in [6, 6.07) is 9.05. The molecule has 2 aromatic rings. The van der Waals surface area contributed by atoms with Gasteiger partial charge in [0, 0.05) is 10.5 Å². The van der Waals surface area contributed by atoms with Gasteiger partial charge in [-0.1, -0.05) is 27.2 Å². The molecule has 1 amide bonds. The molecule has 0 aliphatic carbocycles. The van der Waals surface area contributed by atoms with E-state index >= 15 is 0 Å². The second-order valence-corrected chi connectivity index (χ2v) is 4.90. The van der Waals surface area contributed by atoms with Crippen molar-refractivity contribution in [1.29, 1.82) is 0 Å². The zero-order valence-electron chi connectivity index (χ0n) is 10.3. The van der Waals surface area contributed by atoms with Crippen molar-refractivity contribution in [2.75, 3.05) is 6.54 Å². The maximum absolute atomic E-state index is 11.6. The summed E-state index contributed by atoms with van der Waals surface area (Å²) in [7, 11) is 0. The van der Waals surface area contributed by atoms with Gasteiger partial charge in [0.25, 0.3) is 5.91 Å². The molecule has 0 unspecified atom stereocenters. The second kappa shape index (κ2) is 6.38. The molecule has 2 rings (SSSR count). The maximum Gasteiger partial charge on any atom is 0.273 e. The summed E-state index contributed by atoms with van der Waals surface area (Å²) in [6.07, 6.45) is 1.21. The predicted molar refractivity (Wildman–Crippen MR) is 73.1 cm³/mol. The zero-order chi connectivity index (χ0) is 13.7. The van der Waals surface area contributed by atoms with E-state index in [0.717, 1.165) is 10.2 Å². The van der Waals surface area contributed by atoms with Crippen LogP contribution in [0.4, 0.5) is 0 Å². The molecular formula is C13H13BrN2O3. The van der Waals surface area contributed by atoms with Gasteiger partial charge in [-0.3, -0.25) is 4.79 Å². The van der Waals surface area contributed by atoms with Crippen molar-refractivity contribution in [3.63, 3.8) is 0 Å². The Balaban J connectivity index is 1.82. The van der Waals surface area contributed by atoms with Gasteiger partial charge in [-0.15, -0.1) is 0 Å². The summed E-state index contributed by atoms with van der Waals surface area (Å²) in [5, 5.41) is 6.28. The zero-order valence-corrected chi connectivity index (χ0v) is 11.9. The van der Waals surface area contributed by atoms with Gasteiger partial charge in [0.2, 0.25) is 0 Å². The summed E-state index contributed by atoms with van der Waals surface area (Å²) in [5.74, 6) is 0.469. The molecule has 0 bridgehead atoms. The van der Waals surface area contributed by atoms with Gasteiger partial charge >= 0.3 is 0 Å². The van der Waals surface area contributed by atoms with E-state index in [1.54, 1.807) is 0 Å². The Morgan fingerprint density at radius 3 is 3.05 bits per heavy atom. The second-order valence-electron chi connectivity index (χ2n) is 3.98. The van der Waals surface area contributed by atoms with Gasteiger partial charge in [-0.05, 0) is 25.1 Å². The summed E-state index contributed by atoms with van der Waals surface area (Å²) in [5.41, 5.74) is 0.259. The Hall–Kier alpha value is -1.82. The van der Waals surface area contributed by atoms with E-state index in [1.807, 2.05) is 31.2 Å². The first-order valence-electron chi connectivity index (χ1n) is 5.76. The predicted octanol–water partition coefficient (Wildman–Crippen LogP) is 2.63. The van der Waals surface area contributed by atoms with Crippen LogP contribution < -0.4 is 10.1 Å². The van der Waals surface area contributed by atoms with Gasteiger partial charge in [0.15, 0.2) is 5.69 Å². The summed E-state index contributed by atoms with van der Waals surface area (Å²) in [4.78, 5) is 11.6. The number of carbonyl (C=O) groups is 1. The summed E-state index contributed by atoms with van der Waals surface area (Å²) in [6.45, 7) is 2.27. The van der Waals surface area contributed by atoms with Crippen molar-refractivity contribution < 1.29 is 14.1 Å². The van der Waals surface area contributed by atoms with E-state index in [-0.39, 0.29) is 17.7 Å². The SMILES string of the molecule is C[C@H](CNC(=O)c1ccon1)Oc1cccc(Br)c1. The molecule has 0 spiro atoms. The minimum atomic E-state index is -0.279. The number of hydrogen-bond donors (Lipinski definition) is 1. The van der Waals surface area contributed by atoms with Crippen LogP contribution in [-0.2, 0) is 0 Å². The minimum absolute atomic E-state index is 0.148. The lowest BCUT2D eigenvalue weighted by molar-refractivity contribution is 0.0923. The molecule has 0 saturated heterocycles. The first-order chi connectivity index (χ1) is 9.15. The monoisotopic (exact) mass is 324 g/mol. The molecule has 0 saturated carbocycles. The quantitative estimate of drug-likeness (QED) is 0.918. The van der Waals surface area contributed by atoms with E-state index < -0.39 is 0 Å². The van der Waals surface area contributed by atoms with Crippen LogP contribution in [0.1, 0.15) is 17.4 Å². The average molecular weight is 325 g/mol. The molecular weight excluding hydrogens is 312 g/mol. The Bertz CT molecular complexity index is 543. The standard InChI is InChI=1S/C13H13BrN2O3/c1-9(19-11-4-2-3-10(14)7-11)8-15-13(17)12-5-6-18-16-12/h2-7,9H,8H2,1H3,(H,15,17)/t9-/m1/s1. The van der Waals surface area contributed by atoms with Crippen LogP contribution in [0.25, 0.3) is 0 Å². The largest absolute Gasteiger partial charge is 0.489 e. The van der Waals surface area contributed by atoms with Crippen LogP contribution in [0, 0.1) is 0 Å². The molecule has 100 valence electrons. The van der Waals surface area contributed by atoms with Crippen LogP contribution in [0.15, 0.2) is 45.6 Å². The molecule has 0 radical (unpaired) electrons. The van der Waals surface area contributed by atoms with Crippen LogP contribution in [0.2, 0.25) is 0 Å². The Morgan fingerprint density at radius 2 is 2.37 bits per heavy atom. The number of nitrogens with one attached hydrogen (secondary N) is 1. The maximum atomic E-state index is 11.6. The molecule has 1 N–H and O–H groups in total. The fraction of sp³-hybridized carbons (Fsp3) is 0.231. The van der Waals surface area contributed by atoms with E-state index in [1.165, 1.54) is 12.3 Å². The Morgan fingerprint density at radius 1 is 1.53 bits per heavy atom. The van der Waals surface area contributed by atoms with E-state index in [9.17, 15) is 4.79 Å². The van der Waals surface area contributed by atoms with Crippen LogP contribution in [0.3, 0.4) is 0 Å². The number of benzene rings is 1. The van der Waals surface area contributed by atoms with Crippen molar-refractivity contribution in [2.24, 2.45) is 0 Å². The Kier molecular flexibility index (Phi) is 4.57. The number of amides is 1. The average Bonchev–Trinajstić information content (AvgIpc) is 2.90. The topological polar surface area (TPSA) is 64.4 Å². The molecule has 1 aromatic carbocycles. The lowest BCUT2D eigenvalue weighted by Gasteiger charge is -2.15. The van der Waals surface area contributed by atoms with Gasteiger partial charge in [-0.2, -0.15) is 0 Å². The molecule has 1 atom stereocenters. The fourth-order valence-corrected chi connectivity index (χ4v) is 1.85. The third kappa shape index (κ3) is 4.10. The van der Waals surface area contributed by atoms with E-state index in [4.69, 9.17) is 4.74 Å². The fourth-order valence-electron chi connectivity index (χ4n) is 1.47. The highest BCUT2D eigenvalue weighted by molar-refractivity contribution is 9.10. The van der Waals surface area contributed by atoms with Gasteiger partial charge in [0.1, 0.15) is 18.1 Å². The molecule has 6 heteroatoms. The number of ether oxygens (including phenoxy) is 1. The normalized spacial score (nSPS) is 11.9. The lowest BCUT2D eigenvalue weighted by atomic mass is 10.3. The van der Waals surface area contributed by atoms with Crippen LogP contribution >= 0.6 is 15.9 Å². The molecule has 0 aliphatic rings. The highest BCUT2D eigenvalue weighted by atomic mass is 79.9. The van der Waals surface area contributed by atoms with Gasteiger partial charge in [-0.25, -0.2) is 0 Å². The van der Waals surface area contributed by atoms with Crippen molar-refractivity contribution in [3.8, 4) is 5.75 Å². The molecule has 19 heavy (non-hydrogen) atoms. The summed E-state index contributed by atoms with van der Waals surface area (Å²) < 4.78 is 11.2. The molecule has 1 aromatic heterocycles. The first kappa shape index (κ1) is 13.6. The first-order valence-corrected chi connectivity index (χ1v) is 6.55.